The molecule has 0 heterocycles. The van der Waals surface area contributed by atoms with Crippen molar-refractivity contribution in [2.24, 2.45) is 0 Å². The van der Waals surface area contributed by atoms with Gasteiger partial charge in [0, 0.05) is 5.69 Å². The highest BCUT2D eigenvalue weighted by molar-refractivity contribution is 7.92. The summed E-state index contributed by atoms with van der Waals surface area (Å²) >= 11 is 0. The molecule has 0 bridgehead atoms. The van der Waals surface area contributed by atoms with Crippen LogP contribution in [0, 0.1) is 13.8 Å². The van der Waals surface area contributed by atoms with E-state index < -0.39 is 28.3 Å². The van der Waals surface area contributed by atoms with E-state index in [0.29, 0.717) is 11.4 Å². The highest BCUT2D eigenvalue weighted by Gasteiger charge is 2.16. The predicted molar refractivity (Wildman–Crippen MR) is 98.4 cm³/mol. The van der Waals surface area contributed by atoms with Crippen LogP contribution in [0.4, 0.5) is 11.4 Å². The molecule has 0 aliphatic rings. The van der Waals surface area contributed by atoms with Gasteiger partial charge in [-0.25, -0.2) is 8.42 Å². The molecule has 0 radical (unpaired) electrons. The topological polar surface area (TPSA) is 102 Å². The van der Waals surface area contributed by atoms with Crippen molar-refractivity contribution < 1.29 is 22.7 Å². The molecule has 2 rings (SSSR count). The zero-order chi connectivity index (χ0) is 19.3. The Kier molecular flexibility index (Phi) is 5.99. The largest absolute Gasteiger partial charge is 0.469 e. The van der Waals surface area contributed by atoms with Gasteiger partial charge in [0.1, 0.15) is 6.42 Å². The van der Waals surface area contributed by atoms with Crippen LogP contribution >= 0.6 is 0 Å². The number of aryl methyl sites for hydroxylation is 2. The second-order valence-corrected chi connectivity index (χ2v) is 7.43. The number of rotatable bonds is 6. The van der Waals surface area contributed by atoms with Gasteiger partial charge in [0.15, 0.2) is 0 Å². The van der Waals surface area contributed by atoms with E-state index >= 15 is 0 Å². The number of carbonyl (C=O) groups is 2. The summed E-state index contributed by atoms with van der Waals surface area (Å²) in [7, 11) is -2.56. The molecule has 0 saturated heterocycles. The van der Waals surface area contributed by atoms with Gasteiger partial charge in [0.2, 0.25) is 5.91 Å². The number of methoxy groups -OCH3 is 1. The van der Waals surface area contributed by atoms with Crippen LogP contribution in [0.3, 0.4) is 0 Å². The molecule has 2 aromatic carbocycles. The smallest absolute Gasteiger partial charge is 0.315 e. The minimum atomic E-state index is -3.75. The van der Waals surface area contributed by atoms with Gasteiger partial charge in [-0.1, -0.05) is 17.7 Å². The second kappa shape index (κ2) is 8.01. The maximum atomic E-state index is 12.5. The van der Waals surface area contributed by atoms with Crippen molar-refractivity contribution >= 4 is 33.3 Å². The third-order valence-electron chi connectivity index (χ3n) is 3.61. The fourth-order valence-electron chi connectivity index (χ4n) is 2.26. The lowest BCUT2D eigenvalue weighted by Crippen LogP contribution is -2.17. The van der Waals surface area contributed by atoms with Gasteiger partial charge in [-0.2, -0.15) is 0 Å². The maximum Gasteiger partial charge on any atom is 0.315 e. The summed E-state index contributed by atoms with van der Waals surface area (Å²) < 4.78 is 32.0. The Hall–Kier alpha value is -2.87. The van der Waals surface area contributed by atoms with Crippen molar-refractivity contribution in [3.63, 3.8) is 0 Å². The Morgan fingerprint density at radius 1 is 1.04 bits per heavy atom. The van der Waals surface area contributed by atoms with Crippen molar-refractivity contribution in [3.05, 3.63) is 53.6 Å². The number of benzene rings is 2. The van der Waals surface area contributed by atoms with Crippen molar-refractivity contribution in [3.8, 4) is 0 Å². The van der Waals surface area contributed by atoms with Gasteiger partial charge in [0.25, 0.3) is 10.0 Å². The molecule has 7 nitrogen and oxygen atoms in total. The lowest BCUT2D eigenvalue weighted by molar-refractivity contribution is -0.142. The average molecular weight is 376 g/mol. The van der Waals surface area contributed by atoms with Gasteiger partial charge in [-0.05, 0) is 49.7 Å². The summed E-state index contributed by atoms with van der Waals surface area (Å²) in [6.45, 7) is 3.75. The van der Waals surface area contributed by atoms with E-state index in [4.69, 9.17) is 0 Å². The first-order valence-electron chi connectivity index (χ1n) is 7.78. The molecule has 138 valence electrons. The average Bonchev–Trinajstić information content (AvgIpc) is 2.57. The summed E-state index contributed by atoms with van der Waals surface area (Å²) in [4.78, 5) is 22.7. The minimum Gasteiger partial charge on any atom is -0.469 e. The third-order valence-corrected chi connectivity index (χ3v) is 4.99. The summed E-state index contributed by atoms with van der Waals surface area (Å²) in [6.07, 6.45) is -0.412. The summed E-state index contributed by atoms with van der Waals surface area (Å²) in [5.74, 6) is -1.19. The van der Waals surface area contributed by atoms with E-state index in [9.17, 15) is 18.0 Å². The molecule has 0 unspecified atom stereocenters. The van der Waals surface area contributed by atoms with Crippen LogP contribution in [0.5, 0.6) is 0 Å². The number of esters is 1. The fourth-order valence-corrected chi connectivity index (χ4v) is 3.39. The molecule has 0 atom stereocenters. The SMILES string of the molecule is COC(=O)CC(=O)Nc1ccc(S(=O)(=O)Nc2ccc(C)cc2C)cc1. The molecule has 8 heteroatoms. The van der Waals surface area contributed by atoms with E-state index in [-0.39, 0.29) is 4.90 Å². The van der Waals surface area contributed by atoms with E-state index in [2.05, 4.69) is 14.8 Å². The number of sulfonamides is 1. The van der Waals surface area contributed by atoms with Crippen LogP contribution in [0.15, 0.2) is 47.4 Å². The molecular formula is C18H20N2O5S. The Bertz CT molecular complexity index is 921. The molecule has 2 N–H and O–H groups in total. The molecule has 0 spiro atoms. The quantitative estimate of drug-likeness (QED) is 0.596. The van der Waals surface area contributed by atoms with Gasteiger partial charge >= 0.3 is 5.97 Å². The van der Waals surface area contributed by atoms with Gasteiger partial charge in [0.05, 0.1) is 17.7 Å². The third kappa shape index (κ3) is 5.06. The molecule has 0 aliphatic heterocycles. The predicted octanol–water partition coefficient (Wildman–Crippen LogP) is 2.61. The van der Waals surface area contributed by atoms with Crippen LogP contribution in [-0.4, -0.2) is 27.4 Å². The lowest BCUT2D eigenvalue weighted by Gasteiger charge is -2.12. The Labute approximate surface area is 152 Å². The molecule has 0 aromatic heterocycles. The Morgan fingerprint density at radius 2 is 1.69 bits per heavy atom. The second-order valence-electron chi connectivity index (χ2n) is 5.75. The maximum absolute atomic E-state index is 12.5. The van der Waals surface area contributed by atoms with E-state index in [1.807, 2.05) is 26.0 Å². The van der Waals surface area contributed by atoms with Gasteiger partial charge in [-0.3, -0.25) is 14.3 Å². The first kappa shape index (κ1) is 19.5. The zero-order valence-electron chi connectivity index (χ0n) is 14.7. The molecule has 0 saturated carbocycles. The molecule has 0 aliphatic carbocycles. The molecular weight excluding hydrogens is 356 g/mol. The van der Waals surface area contributed by atoms with E-state index in [1.54, 1.807) is 6.07 Å². The van der Waals surface area contributed by atoms with Crippen LogP contribution in [0.2, 0.25) is 0 Å². The number of ether oxygens (including phenoxy) is 1. The Morgan fingerprint density at radius 3 is 2.27 bits per heavy atom. The van der Waals surface area contributed by atoms with Crippen LogP contribution in [0.1, 0.15) is 17.5 Å². The number of hydrogen-bond acceptors (Lipinski definition) is 5. The number of amides is 1. The zero-order valence-corrected chi connectivity index (χ0v) is 15.5. The van der Waals surface area contributed by atoms with Crippen LogP contribution in [0.25, 0.3) is 0 Å². The van der Waals surface area contributed by atoms with E-state index in [0.717, 1.165) is 11.1 Å². The van der Waals surface area contributed by atoms with Crippen molar-refractivity contribution in [2.75, 3.05) is 17.1 Å². The normalized spacial score (nSPS) is 10.9. The van der Waals surface area contributed by atoms with E-state index in [1.165, 1.54) is 31.4 Å². The van der Waals surface area contributed by atoms with Gasteiger partial charge < -0.3 is 10.1 Å². The summed E-state index contributed by atoms with van der Waals surface area (Å²) in [5, 5.41) is 2.50. The fraction of sp³-hybridized carbons (Fsp3) is 0.222. The molecule has 2 aromatic rings. The van der Waals surface area contributed by atoms with Crippen LogP contribution in [-0.2, 0) is 24.3 Å². The standard InChI is InChI=1S/C18H20N2O5S/c1-12-4-9-16(13(2)10-12)20-26(23,24)15-7-5-14(6-8-15)19-17(21)11-18(22)25-3/h4-10,20H,11H2,1-3H3,(H,19,21). The first-order valence-corrected chi connectivity index (χ1v) is 9.26. The number of carbonyl (C=O) groups excluding carboxylic acids is 2. The van der Waals surface area contributed by atoms with Crippen molar-refractivity contribution in [1.29, 1.82) is 0 Å². The number of nitrogens with one attached hydrogen (secondary N) is 2. The van der Waals surface area contributed by atoms with Crippen LogP contribution < -0.4 is 10.0 Å². The summed E-state index contributed by atoms with van der Waals surface area (Å²) in [6, 6.07) is 11.1. The molecule has 26 heavy (non-hydrogen) atoms. The first-order chi connectivity index (χ1) is 12.2. The molecule has 1 amide bonds. The Balaban J connectivity index is 2.11. The van der Waals surface area contributed by atoms with Gasteiger partial charge in [-0.15, -0.1) is 0 Å². The highest BCUT2D eigenvalue weighted by atomic mass is 32.2. The number of anilines is 2. The number of hydrogen-bond donors (Lipinski definition) is 2. The monoisotopic (exact) mass is 376 g/mol. The summed E-state index contributed by atoms with van der Waals surface area (Å²) in [5.41, 5.74) is 2.74. The van der Waals surface area contributed by atoms with Crippen molar-refractivity contribution in [1.82, 2.24) is 0 Å². The minimum absolute atomic E-state index is 0.0587. The highest BCUT2D eigenvalue weighted by Crippen LogP contribution is 2.21. The lowest BCUT2D eigenvalue weighted by atomic mass is 10.1. The van der Waals surface area contributed by atoms with Crippen molar-refractivity contribution in [2.45, 2.75) is 25.2 Å². The molecule has 0 fully saturated rings.